The van der Waals surface area contributed by atoms with Crippen LogP contribution in [0.3, 0.4) is 0 Å². The fourth-order valence-corrected chi connectivity index (χ4v) is 2.11. The van der Waals surface area contributed by atoms with Crippen molar-refractivity contribution in [2.24, 2.45) is 11.7 Å². The molecule has 0 radical (unpaired) electrons. The van der Waals surface area contributed by atoms with E-state index in [1.54, 1.807) is 7.11 Å². The standard InChI is InChI=1S/C13H22N4O/c1-10(12-3-4-12)17(5-6-18-2)13-15-8-11(7-14)9-16-13/h8-10,12H,3-7,14H2,1-2H3. The summed E-state index contributed by atoms with van der Waals surface area (Å²) < 4.78 is 5.17. The van der Waals surface area contributed by atoms with Crippen molar-refractivity contribution >= 4 is 5.95 Å². The van der Waals surface area contributed by atoms with Gasteiger partial charge in [-0.2, -0.15) is 0 Å². The molecule has 0 spiro atoms. The summed E-state index contributed by atoms with van der Waals surface area (Å²) in [6, 6.07) is 0.476. The molecule has 100 valence electrons. The Hall–Kier alpha value is -1.20. The number of methoxy groups -OCH3 is 1. The van der Waals surface area contributed by atoms with Gasteiger partial charge in [0.1, 0.15) is 0 Å². The van der Waals surface area contributed by atoms with Gasteiger partial charge in [0.05, 0.1) is 6.61 Å². The number of nitrogens with two attached hydrogens (primary N) is 1. The summed E-state index contributed by atoms with van der Waals surface area (Å²) in [7, 11) is 1.72. The average molecular weight is 250 g/mol. The molecule has 0 aromatic carbocycles. The highest BCUT2D eigenvalue weighted by Gasteiger charge is 2.32. The van der Waals surface area contributed by atoms with Crippen LogP contribution >= 0.6 is 0 Å². The van der Waals surface area contributed by atoms with E-state index in [2.05, 4.69) is 21.8 Å². The van der Waals surface area contributed by atoms with Crippen LogP contribution in [0.4, 0.5) is 5.95 Å². The zero-order chi connectivity index (χ0) is 13.0. The van der Waals surface area contributed by atoms with Gasteiger partial charge in [-0.05, 0) is 25.7 Å². The summed E-state index contributed by atoms with van der Waals surface area (Å²) in [6.45, 7) is 4.25. The Labute approximate surface area is 108 Å². The van der Waals surface area contributed by atoms with Gasteiger partial charge < -0.3 is 15.4 Å². The van der Waals surface area contributed by atoms with Crippen LogP contribution in [0.5, 0.6) is 0 Å². The quantitative estimate of drug-likeness (QED) is 0.787. The summed E-state index contributed by atoms with van der Waals surface area (Å²) in [5, 5.41) is 0. The van der Waals surface area contributed by atoms with E-state index in [0.717, 1.165) is 24.0 Å². The predicted molar refractivity (Wildman–Crippen MR) is 71.3 cm³/mol. The van der Waals surface area contributed by atoms with Gasteiger partial charge in [0.25, 0.3) is 0 Å². The van der Waals surface area contributed by atoms with E-state index < -0.39 is 0 Å². The van der Waals surface area contributed by atoms with E-state index >= 15 is 0 Å². The molecule has 1 aromatic rings. The molecule has 1 aliphatic carbocycles. The summed E-state index contributed by atoms with van der Waals surface area (Å²) in [5.41, 5.74) is 6.52. The fourth-order valence-electron chi connectivity index (χ4n) is 2.11. The zero-order valence-corrected chi connectivity index (χ0v) is 11.2. The Morgan fingerprint density at radius 1 is 1.44 bits per heavy atom. The summed E-state index contributed by atoms with van der Waals surface area (Å²) >= 11 is 0. The van der Waals surface area contributed by atoms with Gasteiger partial charge in [0, 0.05) is 44.2 Å². The first-order valence-electron chi connectivity index (χ1n) is 6.52. The number of nitrogens with zero attached hydrogens (tertiary/aromatic N) is 3. The topological polar surface area (TPSA) is 64.3 Å². The fraction of sp³-hybridized carbons (Fsp3) is 0.692. The van der Waals surface area contributed by atoms with Crippen molar-refractivity contribution in [1.29, 1.82) is 0 Å². The molecular formula is C13H22N4O. The number of aromatic nitrogens is 2. The molecule has 1 atom stereocenters. The molecule has 2 rings (SSSR count). The van der Waals surface area contributed by atoms with Crippen molar-refractivity contribution in [2.45, 2.75) is 32.4 Å². The van der Waals surface area contributed by atoms with Gasteiger partial charge in [-0.3, -0.25) is 0 Å². The second-order valence-corrected chi connectivity index (χ2v) is 4.86. The van der Waals surface area contributed by atoms with E-state index in [-0.39, 0.29) is 0 Å². The van der Waals surface area contributed by atoms with Crippen LogP contribution < -0.4 is 10.6 Å². The van der Waals surface area contributed by atoms with E-state index in [0.29, 0.717) is 19.2 Å². The van der Waals surface area contributed by atoms with Crippen molar-refractivity contribution < 1.29 is 4.74 Å². The molecule has 0 aliphatic heterocycles. The molecule has 1 aliphatic rings. The third-order valence-electron chi connectivity index (χ3n) is 3.52. The molecule has 1 heterocycles. The number of ether oxygens (including phenoxy) is 1. The molecular weight excluding hydrogens is 228 g/mol. The van der Waals surface area contributed by atoms with Crippen LogP contribution in [0.25, 0.3) is 0 Å². The normalized spacial score (nSPS) is 16.6. The molecule has 2 N–H and O–H groups in total. The lowest BCUT2D eigenvalue weighted by molar-refractivity contribution is 0.202. The lowest BCUT2D eigenvalue weighted by Gasteiger charge is -2.29. The van der Waals surface area contributed by atoms with Crippen LogP contribution in [-0.4, -0.2) is 36.3 Å². The molecule has 1 unspecified atom stereocenters. The van der Waals surface area contributed by atoms with Gasteiger partial charge in [0.15, 0.2) is 0 Å². The number of rotatable bonds is 7. The molecule has 0 amide bonds. The minimum Gasteiger partial charge on any atom is -0.383 e. The molecule has 1 aromatic heterocycles. The van der Waals surface area contributed by atoms with Crippen molar-refractivity contribution in [3.63, 3.8) is 0 Å². The Balaban J connectivity index is 2.09. The predicted octanol–water partition coefficient (Wildman–Crippen LogP) is 1.19. The van der Waals surface area contributed by atoms with Gasteiger partial charge in [-0.15, -0.1) is 0 Å². The van der Waals surface area contributed by atoms with E-state index in [9.17, 15) is 0 Å². The van der Waals surface area contributed by atoms with Crippen LogP contribution in [0.1, 0.15) is 25.3 Å². The Kier molecular flexibility index (Phi) is 4.49. The minimum atomic E-state index is 0.476. The smallest absolute Gasteiger partial charge is 0.225 e. The summed E-state index contributed by atoms with van der Waals surface area (Å²) in [4.78, 5) is 11.1. The second kappa shape index (κ2) is 6.11. The summed E-state index contributed by atoms with van der Waals surface area (Å²) in [5.74, 6) is 1.56. The van der Waals surface area contributed by atoms with Crippen molar-refractivity contribution in [3.05, 3.63) is 18.0 Å². The molecule has 0 saturated heterocycles. The average Bonchev–Trinajstić information content (AvgIpc) is 3.24. The molecule has 18 heavy (non-hydrogen) atoms. The molecule has 1 saturated carbocycles. The highest BCUT2D eigenvalue weighted by molar-refractivity contribution is 5.32. The third kappa shape index (κ3) is 3.17. The van der Waals surface area contributed by atoms with Gasteiger partial charge in [-0.25, -0.2) is 9.97 Å². The van der Waals surface area contributed by atoms with Gasteiger partial charge >= 0.3 is 0 Å². The number of hydrogen-bond acceptors (Lipinski definition) is 5. The highest BCUT2D eigenvalue weighted by atomic mass is 16.5. The number of hydrogen-bond donors (Lipinski definition) is 1. The van der Waals surface area contributed by atoms with Crippen LogP contribution in [0.15, 0.2) is 12.4 Å². The van der Waals surface area contributed by atoms with Gasteiger partial charge in [0.2, 0.25) is 5.95 Å². The van der Waals surface area contributed by atoms with Crippen LogP contribution in [0, 0.1) is 5.92 Å². The Morgan fingerprint density at radius 2 is 2.11 bits per heavy atom. The third-order valence-corrected chi connectivity index (χ3v) is 3.52. The largest absolute Gasteiger partial charge is 0.383 e. The monoisotopic (exact) mass is 250 g/mol. The zero-order valence-electron chi connectivity index (χ0n) is 11.2. The highest BCUT2D eigenvalue weighted by Crippen LogP contribution is 2.35. The van der Waals surface area contributed by atoms with Crippen LogP contribution in [0.2, 0.25) is 0 Å². The van der Waals surface area contributed by atoms with Gasteiger partial charge in [-0.1, -0.05) is 0 Å². The first-order chi connectivity index (χ1) is 8.76. The lowest BCUT2D eigenvalue weighted by Crippen LogP contribution is -2.38. The maximum Gasteiger partial charge on any atom is 0.225 e. The lowest BCUT2D eigenvalue weighted by atomic mass is 10.2. The molecule has 5 heteroatoms. The molecule has 0 bridgehead atoms. The number of anilines is 1. The molecule has 1 fully saturated rings. The maximum atomic E-state index is 5.56. The second-order valence-electron chi connectivity index (χ2n) is 4.86. The first kappa shape index (κ1) is 13.2. The van der Waals surface area contributed by atoms with E-state index in [1.807, 2.05) is 12.4 Å². The first-order valence-corrected chi connectivity index (χ1v) is 6.52. The summed E-state index contributed by atoms with van der Waals surface area (Å²) in [6.07, 6.45) is 6.24. The van der Waals surface area contributed by atoms with Crippen molar-refractivity contribution in [3.8, 4) is 0 Å². The van der Waals surface area contributed by atoms with E-state index in [4.69, 9.17) is 10.5 Å². The Morgan fingerprint density at radius 3 is 2.61 bits per heavy atom. The van der Waals surface area contributed by atoms with Crippen LogP contribution in [-0.2, 0) is 11.3 Å². The van der Waals surface area contributed by atoms with Crippen molar-refractivity contribution in [2.75, 3.05) is 25.2 Å². The maximum absolute atomic E-state index is 5.56. The Bertz CT molecular complexity index is 364. The molecule has 5 nitrogen and oxygen atoms in total. The van der Waals surface area contributed by atoms with E-state index in [1.165, 1.54) is 12.8 Å². The minimum absolute atomic E-state index is 0.476. The van der Waals surface area contributed by atoms with Crippen molar-refractivity contribution in [1.82, 2.24) is 9.97 Å². The SMILES string of the molecule is COCCN(c1ncc(CN)cn1)C(C)C1CC1.